The van der Waals surface area contributed by atoms with Gasteiger partial charge in [-0.3, -0.25) is 9.36 Å². The summed E-state index contributed by atoms with van der Waals surface area (Å²) in [5, 5.41) is 25.6. The molecule has 0 radical (unpaired) electrons. The minimum absolute atomic E-state index is 0.0290. The van der Waals surface area contributed by atoms with Gasteiger partial charge in [0, 0.05) is 18.6 Å². The second-order valence-electron chi connectivity index (χ2n) is 13.4. The molecule has 0 spiro atoms. The van der Waals surface area contributed by atoms with Gasteiger partial charge in [-0.2, -0.15) is 0 Å². The fraction of sp³-hybridized carbons (Fsp3) is 0.613. The molecule has 4 atom stereocenters. The molecule has 246 valence electrons. The number of benzene rings is 1. The van der Waals surface area contributed by atoms with Gasteiger partial charge in [0.25, 0.3) is 5.91 Å². The monoisotopic (exact) mass is 657 g/mol. The van der Waals surface area contributed by atoms with Crippen molar-refractivity contribution >= 4 is 40.0 Å². The molecule has 12 nitrogen and oxygen atoms in total. The number of imidazole rings is 1. The van der Waals surface area contributed by atoms with E-state index < -0.39 is 41.2 Å². The van der Waals surface area contributed by atoms with Gasteiger partial charge in [-0.15, -0.1) is 0 Å². The van der Waals surface area contributed by atoms with Gasteiger partial charge in [-0.05, 0) is 34.3 Å². The first kappa shape index (κ1) is 33.8. The van der Waals surface area contributed by atoms with Crippen LogP contribution in [0.25, 0.3) is 11.2 Å². The highest BCUT2D eigenvalue weighted by Crippen LogP contribution is 2.51. The summed E-state index contributed by atoms with van der Waals surface area (Å²) in [6, 6.07) is 8.82. The lowest BCUT2D eigenvalue weighted by Gasteiger charge is -2.52. The summed E-state index contributed by atoms with van der Waals surface area (Å²) in [4.78, 5) is 26.2. The lowest BCUT2D eigenvalue weighted by molar-refractivity contribution is -0.116. The number of carbonyl (C=O) groups is 1. The Morgan fingerprint density at radius 1 is 1.00 bits per heavy atom. The van der Waals surface area contributed by atoms with Crippen molar-refractivity contribution in [3.8, 4) is 0 Å². The van der Waals surface area contributed by atoms with Crippen molar-refractivity contribution in [2.45, 2.75) is 108 Å². The van der Waals surface area contributed by atoms with E-state index in [1.165, 1.54) is 12.7 Å². The van der Waals surface area contributed by atoms with Crippen LogP contribution in [-0.4, -0.2) is 83.8 Å². The maximum absolute atomic E-state index is 12.9. The predicted molar refractivity (Wildman–Crippen MR) is 174 cm³/mol. The van der Waals surface area contributed by atoms with Crippen LogP contribution >= 0.6 is 0 Å². The van der Waals surface area contributed by atoms with Crippen molar-refractivity contribution in [3.05, 3.63) is 48.5 Å². The van der Waals surface area contributed by atoms with E-state index >= 15 is 0 Å². The van der Waals surface area contributed by atoms with Crippen molar-refractivity contribution in [3.63, 3.8) is 0 Å². The van der Waals surface area contributed by atoms with Gasteiger partial charge in [-0.25, -0.2) is 15.0 Å². The number of aliphatic hydroxyl groups is 2. The molecule has 3 N–H and O–H groups in total. The topological polar surface area (TPSA) is 150 Å². The van der Waals surface area contributed by atoms with E-state index in [-0.39, 0.29) is 53.5 Å². The molecule has 1 unspecified atom stereocenters. The molecule has 0 aliphatic carbocycles. The Bertz CT molecular complexity index is 1470. The minimum atomic E-state index is -3.10. The number of nitrogens with one attached hydrogen (secondary N) is 1. The summed E-state index contributed by atoms with van der Waals surface area (Å²) in [7, 11) is -5.94. The number of nitrogens with zero attached hydrogens (tertiary/aromatic N) is 4. The van der Waals surface area contributed by atoms with E-state index in [0.29, 0.717) is 16.7 Å². The number of aliphatic hydroxyl groups excluding tert-OH is 1. The van der Waals surface area contributed by atoms with E-state index in [1.807, 2.05) is 6.07 Å². The van der Waals surface area contributed by atoms with E-state index in [1.54, 1.807) is 28.8 Å². The number of aromatic nitrogens is 4. The summed E-state index contributed by atoms with van der Waals surface area (Å²) >= 11 is 0. The van der Waals surface area contributed by atoms with Crippen molar-refractivity contribution in [1.82, 2.24) is 19.5 Å². The first-order chi connectivity index (χ1) is 21.3. The quantitative estimate of drug-likeness (QED) is 0.267. The highest BCUT2D eigenvalue weighted by molar-refractivity contribution is 6.84. The highest BCUT2D eigenvalue weighted by Gasteiger charge is 2.65. The van der Waals surface area contributed by atoms with E-state index in [9.17, 15) is 15.0 Å². The second-order valence-corrected chi connectivity index (χ2v) is 22.2. The first-order valence-corrected chi connectivity index (χ1v) is 19.8. The van der Waals surface area contributed by atoms with Gasteiger partial charge < -0.3 is 33.2 Å². The molecule has 0 bridgehead atoms. The Hall–Kier alpha value is -2.57. The lowest BCUT2D eigenvalue weighted by atomic mass is 9.90. The molecule has 14 heteroatoms. The normalized spacial score (nSPS) is 26.4. The van der Waals surface area contributed by atoms with Crippen LogP contribution in [-0.2, 0) is 17.7 Å². The maximum atomic E-state index is 12.9. The van der Waals surface area contributed by atoms with E-state index in [2.05, 4.69) is 75.7 Å². The van der Waals surface area contributed by atoms with Crippen molar-refractivity contribution in [1.29, 1.82) is 0 Å². The second kappa shape index (κ2) is 12.9. The van der Waals surface area contributed by atoms with Crippen molar-refractivity contribution in [2.75, 3.05) is 18.5 Å². The number of fused-ring (bicyclic) bond motifs is 2. The molecule has 2 aromatic heterocycles. The van der Waals surface area contributed by atoms with E-state index in [4.69, 9.17) is 17.7 Å². The Morgan fingerprint density at radius 3 is 2.24 bits per heavy atom. The molecule has 5 rings (SSSR count). The van der Waals surface area contributed by atoms with Crippen molar-refractivity contribution in [2.24, 2.45) is 0 Å². The fourth-order valence-electron chi connectivity index (χ4n) is 6.88. The van der Waals surface area contributed by atoms with Crippen LogP contribution in [0.1, 0.15) is 78.4 Å². The fourth-order valence-corrected chi connectivity index (χ4v) is 18.1. The smallest absolute Gasteiger partial charge is 0.335 e. The van der Waals surface area contributed by atoms with Crippen LogP contribution in [0, 0.1) is 0 Å². The molecule has 3 aromatic rings. The molecule has 0 saturated carbocycles. The van der Waals surface area contributed by atoms with Gasteiger partial charge in [0.15, 0.2) is 23.2 Å². The molecule has 2 fully saturated rings. The number of hydrogen-bond acceptors (Lipinski definition) is 10. The van der Waals surface area contributed by atoms with Crippen LogP contribution in [0.4, 0.5) is 5.82 Å². The maximum Gasteiger partial charge on any atom is 0.335 e. The van der Waals surface area contributed by atoms with E-state index in [0.717, 1.165) is 0 Å². The van der Waals surface area contributed by atoms with Gasteiger partial charge >= 0.3 is 17.1 Å². The Kier molecular flexibility index (Phi) is 9.69. The van der Waals surface area contributed by atoms with Gasteiger partial charge in [0.1, 0.15) is 24.1 Å². The molecule has 45 heavy (non-hydrogen) atoms. The molecule has 4 heterocycles. The average molecular weight is 658 g/mol. The zero-order valence-electron chi connectivity index (χ0n) is 27.4. The third kappa shape index (κ3) is 5.80. The molecular weight excluding hydrogens is 611 g/mol. The number of carbonyl (C=O) groups excluding carboxylic acids is 1. The molecular formula is C31H47N5O7Si2. The summed E-state index contributed by atoms with van der Waals surface area (Å²) in [6.45, 7) is 16.9. The van der Waals surface area contributed by atoms with Crippen LogP contribution in [0.2, 0.25) is 22.2 Å². The van der Waals surface area contributed by atoms with Crippen LogP contribution < -0.4 is 5.32 Å². The number of anilines is 1. The predicted octanol–water partition coefficient (Wildman–Crippen LogP) is 5.05. The van der Waals surface area contributed by atoms with Gasteiger partial charge in [0.05, 0.1) is 12.9 Å². The molecule has 1 amide bonds. The van der Waals surface area contributed by atoms with Crippen LogP contribution in [0.5, 0.6) is 0 Å². The van der Waals surface area contributed by atoms with Crippen molar-refractivity contribution < 1.29 is 32.7 Å². The highest BCUT2D eigenvalue weighted by atomic mass is 28.5. The zero-order chi connectivity index (χ0) is 32.7. The molecule has 2 aliphatic heterocycles. The first-order valence-electron chi connectivity index (χ1n) is 15.8. The number of amides is 1. The minimum Gasteiger partial charge on any atom is -0.414 e. The van der Waals surface area contributed by atoms with Crippen LogP contribution in [0.3, 0.4) is 0 Å². The zero-order valence-corrected chi connectivity index (χ0v) is 29.4. The third-order valence-electron chi connectivity index (χ3n) is 9.28. The SMILES string of the molecule is CC(C)[Si]1(C(C)C)OC[C@H]2OC(n3cnc4c(NC(=O)c5ccccc5)ncnc43)[C@@](O)(CCO)[C@@H]2O[Si](C(C)C)(C(C)C)O1. The summed E-state index contributed by atoms with van der Waals surface area (Å²) in [6.07, 6.45) is 0.281. The molecule has 2 aliphatic rings. The Balaban J connectivity index is 1.58. The summed E-state index contributed by atoms with van der Waals surface area (Å²) < 4.78 is 29.6. The standard InChI is InChI=1S/C31H47N5O7Si2/c1-19(2)44(20(3)4)40-16-24-26(42-45(43-44,21(5)6)22(7)8)31(39,14-15-37)30(41-24)36-18-34-25-27(32-17-33-28(25)36)35-29(38)23-12-10-9-11-13-23/h9-13,17-22,24,26,30,37,39H,14-16H2,1-8H3,(H,32,33,35,38)/t24-,26-,30?,31-/m1/s1. The Labute approximate surface area is 267 Å². The number of rotatable bonds is 9. The number of ether oxygens (including phenoxy) is 1. The largest absolute Gasteiger partial charge is 0.414 e. The summed E-state index contributed by atoms with van der Waals surface area (Å²) in [5.74, 6) is -0.110. The average Bonchev–Trinajstić information content (AvgIpc) is 3.52. The van der Waals surface area contributed by atoms with Gasteiger partial charge in [-0.1, -0.05) is 73.6 Å². The van der Waals surface area contributed by atoms with Crippen LogP contribution in [0.15, 0.2) is 43.0 Å². The number of hydrogen-bond donors (Lipinski definition) is 3. The molecule has 1 aromatic carbocycles. The lowest BCUT2D eigenvalue weighted by Crippen LogP contribution is -2.67. The summed E-state index contributed by atoms with van der Waals surface area (Å²) in [5.41, 5.74) is -0.147. The Morgan fingerprint density at radius 2 is 1.64 bits per heavy atom. The van der Waals surface area contributed by atoms with Gasteiger partial charge in [0.2, 0.25) is 0 Å². The molecule has 2 saturated heterocycles. The third-order valence-corrected chi connectivity index (χ3v) is 19.5.